The third kappa shape index (κ3) is 3.15. The summed E-state index contributed by atoms with van der Waals surface area (Å²) in [5, 5.41) is 23.0. The van der Waals surface area contributed by atoms with E-state index in [1.165, 1.54) is 26.0 Å². The van der Waals surface area contributed by atoms with Crippen LogP contribution < -0.4 is 14.8 Å². The Kier molecular flexibility index (Phi) is 3.88. The normalized spacial score (nSPS) is 13.6. The molecule has 8 heteroatoms. The number of hydrogen-bond donors (Lipinski definition) is 2. The van der Waals surface area contributed by atoms with Crippen molar-refractivity contribution in [3.63, 3.8) is 0 Å². The number of benzene rings is 1. The van der Waals surface area contributed by atoms with Crippen molar-refractivity contribution in [3.05, 3.63) is 22.2 Å². The van der Waals surface area contributed by atoms with E-state index in [2.05, 4.69) is 5.32 Å². The van der Waals surface area contributed by atoms with Crippen molar-refractivity contribution in [2.75, 3.05) is 25.1 Å². The van der Waals surface area contributed by atoms with E-state index in [0.29, 0.717) is 24.7 Å². The van der Waals surface area contributed by atoms with Crippen molar-refractivity contribution in [1.29, 1.82) is 0 Å². The van der Waals surface area contributed by atoms with Gasteiger partial charge in [-0.1, -0.05) is 0 Å². The van der Waals surface area contributed by atoms with Crippen LogP contribution in [-0.4, -0.2) is 35.8 Å². The highest BCUT2D eigenvalue weighted by Crippen LogP contribution is 2.39. The fraction of sp³-hybridized carbons (Fsp3) is 0.462. The van der Waals surface area contributed by atoms with Gasteiger partial charge >= 0.3 is 5.97 Å². The molecule has 2 N–H and O–H groups in total. The van der Waals surface area contributed by atoms with Crippen molar-refractivity contribution in [2.45, 2.75) is 13.8 Å². The van der Waals surface area contributed by atoms with Gasteiger partial charge in [0.1, 0.15) is 18.9 Å². The SMILES string of the molecule is CC(C)(CNc1cc2c(cc1[N+](=O)[O-])OCCO2)C(=O)O. The maximum atomic E-state index is 11.1. The highest BCUT2D eigenvalue weighted by Gasteiger charge is 2.29. The molecule has 1 aromatic rings. The van der Waals surface area contributed by atoms with Crippen LogP contribution in [0.25, 0.3) is 0 Å². The van der Waals surface area contributed by atoms with E-state index in [9.17, 15) is 14.9 Å². The van der Waals surface area contributed by atoms with E-state index in [4.69, 9.17) is 14.6 Å². The second-order valence-corrected chi connectivity index (χ2v) is 5.31. The van der Waals surface area contributed by atoms with Crippen LogP contribution in [0.15, 0.2) is 12.1 Å². The average molecular weight is 296 g/mol. The second kappa shape index (κ2) is 5.47. The van der Waals surface area contributed by atoms with E-state index < -0.39 is 16.3 Å². The summed E-state index contributed by atoms with van der Waals surface area (Å²) in [7, 11) is 0. The monoisotopic (exact) mass is 296 g/mol. The Labute approximate surface area is 120 Å². The number of carboxylic acids is 1. The number of fused-ring (bicyclic) bond motifs is 1. The summed E-state index contributed by atoms with van der Waals surface area (Å²) in [4.78, 5) is 21.6. The van der Waals surface area contributed by atoms with Crippen molar-refractivity contribution in [1.82, 2.24) is 0 Å². The predicted molar refractivity (Wildman–Crippen MR) is 74.0 cm³/mol. The lowest BCUT2D eigenvalue weighted by molar-refractivity contribution is -0.384. The van der Waals surface area contributed by atoms with Crippen LogP contribution >= 0.6 is 0 Å². The Bertz CT molecular complexity index is 584. The van der Waals surface area contributed by atoms with Crippen LogP contribution in [0.1, 0.15) is 13.8 Å². The number of nitrogens with one attached hydrogen (secondary N) is 1. The zero-order valence-electron chi connectivity index (χ0n) is 11.7. The smallest absolute Gasteiger partial charge is 0.310 e. The number of carbonyl (C=O) groups is 1. The molecule has 0 bridgehead atoms. The van der Waals surface area contributed by atoms with Gasteiger partial charge in [0.25, 0.3) is 5.69 Å². The van der Waals surface area contributed by atoms with E-state index in [0.717, 1.165) is 0 Å². The lowest BCUT2D eigenvalue weighted by Gasteiger charge is -2.22. The lowest BCUT2D eigenvalue weighted by Crippen LogP contribution is -2.32. The molecule has 0 saturated carbocycles. The van der Waals surface area contributed by atoms with Crippen molar-refractivity contribution >= 4 is 17.3 Å². The lowest BCUT2D eigenvalue weighted by atomic mass is 9.94. The minimum atomic E-state index is -1.05. The second-order valence-electron chi connectivity index (χ2n) is 5.31. The minimum absolute atomic E-state index is 0.0445. The van der Waals surface area contributed by atoms with Crippen molar-refractivity contribution < 1.29 is 24.3 Å². The topological polar surface area (TPSA) is 111 Å². The first-order valence-corrected chi connectivity index (χ1v) is 6.36. The number of carboxylic acid groups (broad SMARTS) is 1. The molecule has 0 saturated heterocycles. The van der Waals surface area contributed by atoms with Crippen molar-refractivity contribution in [3.8, 4) is 11.5 Å². The largest absolute Gasteiger partial charge is 0.486 e. The summed E-state index contributed by atoms with van der Waals surface area (Å²) in [6.07, 6.45) is 0. The molecule has 0 aliphatic carbocycles. The Morgan fingerprint density at radius 1 is 1.38 bits per heavy atom. The predicted octanol–water partition coefficient (Wildman–Crippen LogP) is 1.89. The number of nitro groups is 1. The Hall–Kier alpha value is -2.51. The zero-order valence-corrected chi connectivity index (χ0v) is 11.7. The van der Waals surface area contributed by atoms with E-state index >= 15 is 0 Å². The van der Waals surface area contributed by atoms with Gasteiger partial charge in [-0.3, -0.25) is 14.9 Å². The van der Waals surface area contributed by atoms with Gasteiger partial charge in [-0.25, -0.2) is 0 Å². The molecule has 0 aromatic heterocycles. The number of nitrogens with zero attached hydrogens (tertiary/aromatic N) is 1. The molecule has 0 spiro atoms. The zero-order chi connectivity index (χ0) is 15.6. The molecule has 0 radical (unpaired) electrons. The standard InChI is InChI=1S/C13H16N2O6/c1-13(2,12(16)17)7-14-8-5-10-11(21-4-3-20-10)6-9(8)15(18)19/h5-6,14H,3-4,7H2,1-2H3,(H,16,17). The molecular weight excluding hydrogens is 280 g/mol. The van der Waals surface area contributed by atoms with Crippen LogP contribution in [0.2, 0.25) is 0 Å². The Morgan fingerprint density at radius 3 is 2.48 bits per heavy atom. The van der Waals surface area contributed by atoms with Gasteiger partial charge in [-0.15, -0.1) is 0 Å². The van der Waals surface area contributed by atoms with Crippen LogP contribution in [0.3, 0.4) is 0 Å². The highest BCUT2D eigenvalue weighted by atomic mass is 16.6. The highest BCUT2D eigenvalue weighted by molar-refractivity contribution is 5.75. The maximum absolute atomic E-state index is 11.1. The van der Waals surface area contributed by atoms with E-state index in [1.807, 2.05) is 0 Å². The van der Waals surface area contributed by atoms with Gasteiger partial charge in [0.05, 0.1) is 16.4 Å². The number of nitro benzene ring substituents is 1. The molecule has 0 atom stereocenters. The van der Waals surface area contributed by atoms with Crippen LogP contribution in [0.5, 0.6) is 11.5 Å². The summed E-state index contributed by atoms with van der Waals surface area (Å²) in [5.41, 5.74) is -1.03. The summed E-state index contributed by atoms with van der Waals surface area (Å²) >= 11 is 0. The number of ether oxygens (including phenoxy) is 2. The molecule has 2 rings (SSSR count). The summed E-state index contributed by atoms with van der Waals surface area (Å²) in [6, 6.07) is 2.75. The van der Waals surface area contributed by atoms with Gasteiger partial charge in [0, 0.05) is 12.6 Å². The molecule has 1 aromatic carbocycles. The number of anilines is 1. The third-order valence-corrected chi connectivity index (χ3v) is 3.16. The van der Waals surface area contributed by atoms with Crippen molar-refractivity contribution in [2.24, 2.45) is 5.41 Å². The van der Waals surface area contributed by atoms with Gasteiger partial charge in [-0.05, 0) is 13.8 Å². The molecule has 1 heterocycles. The third-order valence-electron chi connectivity index (χ3n) is 3.16. The first-order valence-electron chi connectivity index (χ1n) is 6.36. The fourth-order valence-corrected chi connectivity index (χ4v) is 1.76. The van der Waals surface area contributed by atoms with Crippen LogP contribution in [0.4, 0.5) is 11.4 Å². The number of rotatable bonds is 5. The van der Waals surface area contributed by atoms with E-state index in [1.54, 1.807) is 0 Å². The van der Waals surface area contributed by atoms with Gasteiger partial charge in [-0.2, -0.15) is 0 Å². The minimum Gasteiger partial charge on any atom is -0.486 e. The molecule has 1 aliphatic heterocycles. The summed E-state index contributed by atoms with van der Waals surface area (Å²) < 4.78 is 10.7. The van der Waals surface area contributed by atoms with Gasteiger partial charge in [0.15, 0.2) is 11.5 Å². The molecule has 114 valence electrons. The summed E-state index contributed by atoms with van der Waals surface area (Å²) in [6.45, 7) is 3.81. The number of aliphatic carboxylic acids is 1. The quantitative estimate of drug-likeness (QED) is 0.630. The van der Waals surface area contributed by atoms with Gasteiger partial charge < -0.3 is 19.9 Å². The Balaban J connectivity index is 2.29. The molecule has 0 fully saturated rings. The molecular formula is C13H16N2O6. The molecule has 8 nitrogen and oxygen atoms in total. The molecule has 0 unspecified atom stereocenters. The van der Waals surface area contributed by atoms with Crippen LogP contribution in [0, 0.1) is 15.5 Å². The first-order chi connectivity index (χ1) is 9.81. The first kappa shape index (κ1) is 14.9. The van der Waals surface area contributed by atoms with E-state index in [-0.39, 0.29) is 17.9 Å². The average Bonchev–Trinajstić information content (AvgIpc) is 2.43. The van der Waals surface area contributed by atoms with Crippen LogP contribution in [-0.2, 0) is 4.79 Å². The maximum Gasteiger partial charge on any atom is 0.310 e. The molecule has 0 amide bonds. The molecule has 1 aliphatic rings. The molecule has 21 heavy (non-hydrogen) atoms. The van der Waals surface area contributed by atoms with Gasteiger partial charge in [0.2, 0.25) is 0 Å². The Morgan fingerprint density at radius 2 is 1.95 bits per heavy atom. The fourth-order valence-electron chi connectivity index (χ4n) is 1.76. The number of hydrogen-bond acceptors (Lipinski definition) is 6. The summed E-state index contributed by atoms with van der Waals surface area (Å²) in [5.74, 6) is -0.270.